The number of sulfone groups is 1. The lowest BCUT2D eigenvalue weighted by atomic mass is 10.0. The van der Waals surface area contributed by atoms with Gasteiger partial charge in [-0.25, -0.2) is 8.42 Å². The molecule has 0 spiro atoms. The van der Waals surface area contributed by atoms with Gasteiger partial charge in [-0.3, -0.25) is 14.4 Å². The number of esters is 3. The number of rotatable bonds is 9. The third-order valence-corrected chi connectivity index (χ3v) is 7.53. The zero-order valence-electron chi connectivity index (χ0n) is 19.2. The maximum atomic E-state index is 14.0. The van der Waals surface area contributed by atoms with Gasteiger partial charge in [0.25, 0.3) is 0 Å². The molecule has 0 unspecified atom stereocenters. The fourth-order valence-corrected chi connectivity index (χ4v) is 5.76. The lowest BCUT2D eigenvalue weighted by Gasteiger charge is -2.26. The number of epoxide rings is 1. The molecule has 0 saturated carbocycles. The molecule has 1 aliphatic heterocycles. The Hall–Kier alpha value is -3.24. The monoisotopic (exact) mass is 490 g/mol. The number of ether oxygens (including phenoxy) is 4. The molecule has 1 fully saturated rings. The van der Waals surface area contributed by atoms with Gasteiger partial charge in [0.2, 0.25) is 14.8 Å². The van der Waals surface area contributed by atoms with Crippen LogP contribution in [0, 0.1) is 6.92 Å². The van der Waals surface area contributed by atoms with Crippen LogP contribution in [0.1, 0.15) is 38.0 Å². The molecule has 0 aliphatic carbocycles. The largest absolute Gasteiger partial charge is 0.462 e. The summed E-state index contributed by atoms with van der Waals surface area (Å²) in [7, 11) is -4.34. The molecule has 182 valence electrons. The first-order valence-corrected chi connectivity index (χ1v) is 12.0. The van der Waals surface area contributed by atoms with Crippen molar-refractivity contribution in [2.75, 3.05) is 6.61 Å². The Morgan fingerprint density at radius 3 is 2.03 bits per heavy atom. The summed E-state index contributed by atoms with van der Waals surface area (Å²) in [6.07, 6.45) is -3.94. The second kappa shape index (κ2) is 9.94. The van der Waals surface area contributed by atoms with E-state index in [4.69, 9.17) is 18.9 Å². The number of hydrogen-bond acceptors (Lipinski definition) is 9. The summed E-state index contributed by atoms with van der Waals surface area (Å²) in [6, 6.07) is 14.4. The Morgan fingerprint density at radius 2 is 1.50 bits per heavy atom. The Kier molecular flexibility index (Phi) is 7.42. The van der Waals surface area contributed by atoms with Crippen LogP contribution in [0.15, 0.2) is 59.5 Å². The molecular weight excluding hydrogens is 464 g/mol. The topological polar surface area (TPSA) is 126 Å². The van der Waals surface area contributed by atoms with Crippen molar-refractivity contribution >= 4 is 27.7 Å². The maximum absolute atomic E-state index is 14.0. The molecule has 2 aromatic carbocycles. The SMILES string of the molecule is CC(=O)OC[C@H](OC(C)=O)[C@@H]1O[C@@]1([C@@H](OC(C)=O)c1ccccc1)S(=O)(=O)c1ccc(C)cc1. The summed E-state index contributed by atoms with van der Waals surface area (Å²) in [5.41, 5.74) is 1.21. The van der Waals surface area contributed by atoms with E-state index in [9.17, 15) is 22.8 Å². The molecule has 0 amide bonds. The molecule has 1 aliphatic rings. The van der Waals surface area contributed by atoms with Crippen LogP contribution in [0.3, 0.4) is 0 Å². The Balaban J connectivity index is 2.17. The van der Waals surface area contributed by atoms with Crippen molar-refractivity contribution in [1.82, 2.24) is 0 Å². The number of carbonyl (C=O) groups is 3. The third kappa shape index (κ3) is 5.13. The molecule has 9 nitrogen and oxygen atoms in total. The van der Waals surface area contributed by atoms with Gasteiger partial charge in [-0.2, -0.15) is 0 Å². The molecule has 0 bridgehead atoms. The van der Waals surface area contributed by atoms with E-state index < -0.39 is 57.6 Å². The first-order chi connectivity index (χ1) is 16.0. The van der Waals surface area contributed by atoms with E-state index in [0.717, 1.165) is 19.4 Å². The molecule has 0 N–H and O–H groups in total. The minimum Gasteiger partial charge on any atom is -0.462 e. The first kappa shape index (κ1) is 25.4. The van der Waals surface area contributed by atoms with Gasteiger partial charge in [-0.05, 0) is 24.6 Å². The van der Waals surface area contributed by atoms with Crippen LogP contribution in [0.5, 0.6) is 0 Å². The number of hydrogen-bond donors (Lipinski definition) is 0. The second-order valence-electron chi connectivity index (χ2n) is 7.93. The fourth-order valence-electron chi connectivity index (χ4n) is 3.74. The van der Waals surface area contributed by atoms with E-state index in [1.807, 2.05) is 6.92 Å². The molecule has 3 rings (SSSR count). The number of aryl methyl sites for hydroxylation is 1. The summed E-state index contributed by atoms with van der Waals surface area (Å²) in [6.45, 7) is 4.83. The van der Waals surface area contributed by atoms with E-state index in [-0.39, 0.29) is 4.90 Å². The van der Waals surface area contributed by atoms with Crippen molar-refractivity contribution in [3.05, 3.63) is 65.7 Å². The highest BCUT2D eigenvalue weighted by Gasteiger charge is 2.76. The highest BCUT2D eigenvalue weighted by atomic mass is 32.2. The predicted molar refractivity (Wildman–Crippen MR) is 119 cm³/mol. The maximum Gasteiger partial charge on any atom is 0.303 e. The number of carbonyl (C=O) groups excluding carboxylic acids is 3. The van der Waals surface area contributed by atoms with Crippen molar-refractivity contribution in [1.29, 1.82) is 0 Å². The van der Waals surface area contributed by atoms with E-state index in [0.29, 0.717) is 5.56 Å². The lowest BCUT2D eigenvalue weighted by molar-refractivity contribution is -0.157. The summed E-state index contributed by atoms with van der Waals surface area (Å²) >= 11 is 0. The minimum absolute atomic E-state index is 0.0669. The van der Waals surface area contributed by atoms with Crippen LogP contribution < -0.4 is 0 Å². The number of benzene rings is 2. The normalized spacial score (nSPS) is 21.1. The zero-order chi connectivity index (χ0) is 25.1. The molecule has 10 heteroatoms. The molecule has 1 heterocycles. The van der Waals surface area contributed by atoms with Gasteiger partial charge in [-0.15, -0.1) is 0 Å². The molecule has 2 aromatic rings. The Morgan fingerprint density at radius 1 is 0.912 bits per heavy atom. The van der Waals surface area contributed by atoms with Gasteiger partial charge in [0, 0.05) is 20.8 Å². The predicted octanol–water partition coefficient (Wildman–Crippen LogP) is 2.66. The third-order valence-electron chi connectivity index (χ3n) is 5.26. The van der Waals surface area contributed by atoms with Crippen molar-refractivity contribution in [2.24, 2.45) is 0 Å². The van der Waals surface area contributed by atoms with Crippen LogP contribution in [0.25, 0.3) is 0 Å². The quantitative estimate of drug-likeness (QED) is 0.296. The molecule has 0 radical (unpaired) electrons. The van der Waals surface area contributed by atoms with Crippen molar-refractivity contribution < 1.29 is 41.7 Å². The van der Waals surface area contributed by atoms with Crippen molar-refractivity contribution in [3.63, 3.8) is 0 Å². The van der Waals surface area contributed by atoms with Crippen LogP contribution >= 0.6 is 0 Å². The standard InChI is InChI=1S/C24H26O9S/c1-15-10-12-20(13-11-15)34(28,29)24(22(32-18(4)27)19-8-6-5-7-9-19)23(33-24)21(31-17(3)26)14-30-16(2)25/h5-13,21-23H,14H2,1-4H3/t21-,22-,23-,24-/m0/s1. The van der Waals surface area contributed by atoms with Gasteiger partial charge in [0.1, 0.15) is 12.7 Å². The van der Waals surface area contributed by atoms with Gasteiger partial charge >= 0.3 is 17.9 Å². The summed E-state index contributed by atoms with van der Waals surface area (Å²) < 4.78 is 49.6. The van der Waals surface area contributed by atoms with Crippen molar-refractivity contribution in [2.45, 2.75) is 55.8 Å². The van der Waals surface area contributed by atoms with E-state index in [1.165, 1.54) is 19.1 Å². The Labute approximate surface area is 197 Å². The summed E-state index contributed by atoms with van der Waals surface area (Å²) in [5, 5.41) is 0. The zero-order valence-corrected chi connectivity index (χ0v) is 20.0. The van der Waals surface area contributed by atoms with E-state index in [2.05, 4.69) is 0 Å². The molecular formula is C24H26O9S. The van der Waals surface area contributed by atoms with Crippen molar-refractivity contribution in [3.8, 4) is 0 Å². The molecule has 1 saturated heterocycles. The highest BCUT2D eigenvalue weighted by Crippen LogP contribution is 2.56. The van der Waals surface area contributed by atoms with Crippen LogP contribution in [0.4, 0.5) is 0 Å². The molecule has 4 atom stereocenters. The average molecular weight is 491 g/mol. The summed E-state index contributed by atoms with van der Waals surface area (Å²) in [5.74, 6) is -2.10. The summed E-state index contributed by atoms with van der Waals surface area (Å²) in [4.78, 5) is 33.0. The Bertz CT molecular complexity index is 1160. The molecule has 0 aromatic heterocycles. The lowest BCUT2D eigenvalue weighted by Crippen LogP contribution is -2.42. The molecule has 34 heavy (non-hydrogen) atoms. The first-order valence-electron chi connectivity index (χ1n) is 10.5. The van der Waals surface area contributed by atoms with E-state index >= 15 is 0 Å². The average Bonchev–Trinajstić information content (AvgIpc) is 3.53. The van der Waals surface area contributed by atoms with Gasteiger partial charge in [0.05, 0.1) is 4.90 Å². The van der Waals surface area contributed by atoms with Crippen LogP contribution in [-0.4, -0.2) is 50.1 Å². The fraction of sp³-hybridized carbons (Fsp3) is 0.375. The van der Waals surface area contributed by atoms with E-state index in [1.54, 1.807) is 42.5 Å². The van der Waals surface area contributed by atoms with Gasteiger partial charge in [0.15, 0.2) is 12.2 Å². The minimum atomic E-state index is -4.34. The van der Waals surface area contributed by atoms with Gasteiger partial charge in [-0.1, -0.05) is 48.0 Å². The van der Waals surface area contributed by atoms with Gasteiger partial charge < -0.3 is 18.9 Å². The second-order valence-corrected chi connectivity index (χ2v) is 10.0. The van der Waals surface area contributed by atoms with Crippen LogP contribution in [0.2, 0.25) is 0 Å². The highest BCUT2D eigenvalue weighted by molar-refractivity contribution is 7.93. The van der Waals surface area contributed by atoms with Crippen LogP contribution in [-0.2, 0) is 43.2 Å². The smallest absolute Gasteiger partial charge is 0.303 e.